The van der Waals surface area contributed by atoms with Crippen LogP contribution in [0.3, 0.4) is 0 Å². The molecule has 1 aromatic heterocycles. The number of halogens is 3. The van der Waals surface area contributed by atoms with Crippen LogP contribution in [0.25, 0.3) is 10.8 Å². The normalized spacial score (nSPS) is 30.3. The molecule has 1 saturated heterocycles. The molecule has 0 spiro atoms. The van der Waals surface area contributed by atoms with Crippen LogP contribution >= 0.6 is 0 Å². The molecular weight excluding hydrogens is 756 g/mol. The van der Waals surface area contributed by atoms with E-state index in [0.29, 0.717) is 42.9 Å². The van der Waals surface area contributed by atoms with Gasteiger partial charge in [0.25, 0.3) is 0 Å². The molecular formula is C40H50F3N3O9S. The van der Waals surface area contributed by atoms with E-state index in [1.165, 1.54) is 11.1 Å². The SMILES string of the molecule is C[C@@H]1CC/C=C\[C@@H]2C[C@@]2(C(=O)NS(=O)(=O)C2(C)CC2)CC(=O)[C@@H]2C[C@@H](Oc3ncc(O)c4ccccc34)CN2C(=O)[C@@H](CC(=O)OC(C)(C)C(F)(F)F)[C@H](C)C1. The fourth-order valence-electron chi connectivity index (χ4n) is 8.05. The van der Waals surface area contributed by atoms with Crippen molar-refractivity contribution < 1.29 is 55.3 Å². The van der Waals surface area contributed by atoms with Crippen LogP contribution in [-0.2, 0) is 33.9 Å². The van der Waals surface area contributed by atoms with E-state index in [2.05, 4.69) is 9.71 Å². The molecule has 0 unspecified atom stereocenters. The van der Waals surface area contributed by atoms with Crippen molar-refractivity contribution in [1.82, 2.24) is 14.6 Å². The van der Waals surface area contributed by atoms with Crippen molar-refractivity contribution in [2.45, 2.75) is 121 Å². The van der Waals surface area contributed by atoms with Crippen molar-refractivity contribution in [3.8, 4) is 11.6 Å². The van der Waals surface area contributed by atoms with Gasteiger partial charge in [-0.25, -0.2) is 13.4 Å². The topological polar surface area (TPSA) is 169 Å². The van der Waals surface area contributed by atoms with Gasteiger partial charge >= 0.3 is 12.1 Å². The van der Waals surface area contributed by atoms with Gasteiger partial charge in [0.05, 0.1) is 41.3 Å². The van der Waals surface area contributed by atoms with Gasteiger partial charge in [0.2, 0.25) is 33.3 Å². The Morgan fingerprint density at radius 3 is 2.43 bits per heavy atom. The van der Waals surface area contributed by atoms with Gasteiger partial charge in [-0.1, -0.05) is 44.2 Å². The highest BCUT2D eigenvalue weighted by molar-refractivity contribution is 7.91. The van der Waals surface area contributed by atoms with E-state index in [9.17, 15) is 45.9 Å². The number of rotatable bonds is 8. The molecule has 2 N–H and O–H groups in total. The predicted octanol–water partition coefficient (Wildman–Crippen LogP) is 6.16. The molecule has 306 valence electrons. The van der Waals surface area contributed by atoms with Crippen LogP contribution in [0.1, 0.15) is 92.4 Å². The Balaban J connectivity index is 1.35. The molecule has 3 heterocycles. The van der Waals surface area contributed by atoms with Crippen LogP contribution in [0.2, 0.25) is 0 Å². The minimum atomic E-state index is -4.87. The Kier molecular flexibility index (Phi) is 11.1. The number of carbonyl (C=O) groups excluding carboxylic acids is 4. The minimum Gasteiger partial charge on any atom is -0.506 e. The second-order valence-electron chi connectivity index (χ2n) is 17.1. The quantitative estimate of drug-likeness (QED) is 0.233. The highest BCUT2D eigenvalue weighted by Crippen LogP contribution is 2.58. The monoisotopic (exact) mass is 805 g/mol. The number of amides is 2. The molecule has 0 bridgehead atoms. The average Bonchev–Trinajstić information content (AvgIpc) is 3.99. The summed E-state index contributed by atoms with van der Waals surface area (Å²) in [6, 6.07) is 5.62. The summed E-state index contributed by atoms with van der Waals surface area (Å²) >= 11 is 0. The van der Waals surface area contributed by atoms with Gasteiger partial charge in [0.1, 0.15) is 11.9 Å². The molecule has 16 heteroatoms. The third kappa shape index (κ3) is 8.26. The van der Waals surface area contributed by atoms with Crippen molar-refractivity contribution >= 4 is 44.4 Å². The number of Topliss-reactive ketones (excluding diaryl/α,β-unsaturated/α-hetero) is 1. The molecule has 7 atom stereocenters. The summed E-state index contributed by atoms with van der Waals surface area (Å²) in [5, 5.41) is 11.3. The van der Waals surface area contributed by atoms with Gasteiger partial charge in [0, 0.05) is 23.6 Å². The van der Waals surface area contributed by atoms with Crippen LogP contribution in [-0.4, -0.2) is 82.2 Å². The average molecular weight is 806 g/mol. The van der Waals surface area contributed by atoms with E-state index >= 15 is 0 Å². The number of nitrogens with zero attached hydrogens (tertiary/aromatic N) is 2. The number of fused-ring (bicyclic) bond motifs is 3. The largest absolute Gasteiger partial charge is 0.506 e. The highest BCUT2D eigenvalue weighted by atomic mass is 32.2. The van der Waals surface area contributed by atoms with E-state index in [-0.39, 0.29) is 43.4 Å². The number of benzene rings is 1. The number of hydrogen-bond donors (Lipinski definition) is 2. The molecule has 1 aromatic carbocycles. The number of ether oxygens (including phenoxy) is 2. The smallest absolute Gasteiger partial charge is 0.427 e. The summed E-state index contributed by atoms with van der Waals surface area (Å²) in [5.41, 5.74) is -4.21. The Bertz CT molecular complexity index is 2030. The van der Waals surface area contributed by atoms with Crippen LogP contribution in [0, 0.1) is 29.1 Å². The summed E-state index contributed by atoms with van der Waals surface area (Å²) in [7, 11) is -4.03. The molecule has 3 fully saturated rings. The maximum absolute atomic E-state index is 14.8. The zero-order valence-corrected chi connectivity index (χ0v) is 33.0. The van der Waals surface area contributed by atoms with Crippen LogP contribution in [0.5, 0.6) is 11.6 Å². The molecule has 2 aliphatic carbocycles. The number of aromatic hydroxyl groups is 1. The number of nitrogens with one attached hydrogen (secondary N) is 1. The number of carbonyl (C=O) groups is 4. The van der Waals surface area contributed by atoms with Gasteiger partial charge in [-0.3, -0.25) is 23.9 Å². The fraction of sp³-hybridized carbons (Fsp3) is 0.625. The number of aromatic nitrogens is 1. The van der Waals surface area contributed by atoms with Crippen LogP contribution in [0.15, 0.2) is 42.6 Å². The lowest BCUT2D eigenvalue weighted by Gasteiger charge is -2.33. The Morgan fingerprint density at radius 1 is 1.09 bits per heavy atom. The number of esters is 1. The Morgan fingerprint density at radius 2 is 1.77 bits per heavy atom. The first-order valence-electron chi connectivity index (χ1n) is 19.2. The molecule has 6 rings (SSSR count). The van der Waals surface area contributed by atoms with E-state index in [1.54, 1.807) is 38.1 Å². The number of hydrogen-bond acceptors (Lipinski definition) is 10. The van der Waals surface area contributed by atoms with Crippen molar-refractivity contribution in [2.75, 3.05) is 6.54 Å². The number of ketones is 1. The van der Waals surface area contributed by atoms with Crippen LogP contribution in [0.4, 0.5) is 13.2 Å². The van der Waals surface area contributed by atoms with E-state index in [0.717, 1.165) is 13.8 Å². The lowest BCUT2D eigenvalue weighted by atomic mass is 9.82. The summed E-state index contributed by atoms with van der Waals surface area (Å²) in [5.74, 6) is -5.25. The molecule has 12 nitrogen and oxygen atoms in total. The zero-order valence-electron chi connectivity index (χ0n) is 32.2. The molecule has 0 radical (unpaired) electrons. The second-order valence-corrected chi connectivity index (χ2v) is 19.3. The molecule has 2 aliphatic heterocycles. The van der Waals surface area contributed by atoms with Gasteiger partial charge in [-0.15, -0.1) is 0 Å². The predicted molar refractivity (Wildman–Crippen MR) is 198 cm³/mol. The molecule has 2 saturated carbocycles. The zero-order chi connectivity index (χ0) is 41.0. The van der Waals surface area contributed by atoms with Gasteiger partial charge in [-0.05, 0) is 83.1 Å². The van der Waals surface area contributed by atoms with E-state index in [4.69, 9.17) is 9.47 Å². The van der Waals surface area contributed by atoms with Crippen molar-refractivity contribution in [3.63, 3.8) is 0 Å². The highest BCUT2D eigenvalue weighted by Gasteiger charge is 2.63. The number of pyridine rings is 1. The minimum absolute atomic E-state index is 0.00958. The van der Waals surface area contributed by atoms with Crippen molar-refractivity contribution in [2.24, 2.45) is 29.1 Å². The molecule has 4 aliphatic rings. The Hall–Kier alpha value is -4.21. The lowest BCUT2D eigenvalue weighted by molar-refractivity contribution is -0.257. The van der Waals surface area contributed by atoms with E-state index < -0.39 is 91.8 Å². The third-order valence-corrected chi connectivity index (χ3v) is 14.4. The van der Waals surface area contributed by atoms with Crippen molar-refractivity contribution in [3.05, 3.63) is 42.6 Å². The molecule has 2 aromatic rings. The van der Waals surface area contributed by atoms with Gasteiger partial charge in [-0.2, -0.15) is 13.2 Å². The maximum Gasteiger partial charge on any atom is 0.427 e. The first kappa shape index (κ1) is 41.4. The van der Waals surface area contributed by atoms with Crippen molar-refractivity contribution in [1.29, 1.82) is 0 Å². The second kappa shape index (κ2) is 14.9. The Labute approximate surface area is 324 Å². The number of sulfonamides is 1. The summed E-state index contributed by atoms with van der Waals surface area (Å²) < 4.78 is 79.9. The lowest BCUT2D eigenvalue weighted by Crippen LogP contribution is -2.48. The number of allylic oxidation sites excluding steroid dienone is 2. The fourth-order valence-corrected chi connectivity index (χ4v) is 9.39. The summed E-state index contributed by atoms with van der Waals surface area (Å²) in [6.45, 7) is 6.57. The van der Waals surface area contributed by atoms with Gasteiger partial charge < -0.3 is 19.5 Å². The van der Waals surface area contributed by atoms with E-state index in [1.807, 2.05) is 19.1 Å². The van der Waals surface area contributed by atoms with Gasteiger partial charge in [0.15, 0.2) is 5.78 Å². The van der Waals surface area contributed by atoms with Crippen LogP contribution < -0.4 is 9.46 Å². The summed E-state index contributed by atoms with van der Waals surface area (Å²) in [6.07, 6.45) is 0.819. The first-order chi connectivity index (χ1) is 26.1. The number of alkyl halides is 3. The standard InChI is InChI=1S/C40H50F3N3O9S/c1-23-10-6-7-11-25-19-39(25,36(51)45-56(52,53)38(5)14-15-38)20-31(47)30-17-26(54-34-28-13-9-8-12-27(28)32(48)21-44-34)22-46(30)35(50)29(24(2)16-23)18-33(49)55-37(3,4)40(41,42)43/h7-9,11-13,21,23-26,29-30,48H,6,10,14-20,22H2,1-5H3,(H,45,51)/b11-7-/t23-,24-,25-,26-,29+,30+,39-/m1/s1. The third-order valence-electron chi connectivity index (χ3n) is 12.2. The summed E-state index contributed by atoms with van der Waals surface area (Å²) in [4.78, 5) is 62.0. The maximum atomic E-state index is 14.8. The molecule has 56 heavy (non-hydrogen) atoms. The first-order valence-corrected chi connectivity index (χ1v) is 20.6. The molecule has 2 amide bonds.